The third-order valence-electron chi connectivity index (χ3n) is 1.35. The first-order chi connectivity index (χ1) is 5.75. The zero-order valence-corrected chi connectivity index (χ0v) is 6.24. The topological polar surface area (TPSA) is 48.8 Å². The Bertz CT molecular complexity index is 353. The lowest BCUT2D eigenvalue weighted by molar-refractivity contribution is 0.624. The molecule has 1 rings (SSSR count). The highest BCUT2D eigenvalue weighted by Crippen LogP contribution is 2.16. The van der Waals surface area contributed by atoms with Crippen LogP contribution >= 0.6 is 0 Å². The summed E-state index contributed by atoms with van der Waals surface area (Å²) in [6, 6.07) is 6.00. The van der Waals surface area contributed by atoms with Gasteiger partial charge in [-0.1, -0.05) is 29.9 Å². The van der Waals surface area contributed by atoms with Gasteiger partial charge in [0.2, 0.25) is 0 Å². The van der Waals surface area contributed by atoms with Gasteiger partial charge in [0, 0.05) is 16.2 Å². The highest BCUT2D eigenvalue weighted by molar-refractivity contribution is 5.62. The third kappa shape index (κ3) is 1.62. The maximum absolute atomic E-state index is 12.9. The van der Waals surface area contributed by atoms with Crippen LogP contribution in [-0.4, -0.2) is 0 Å². The Morgan fingerprint density at radius 3 is 2.75 bits per heavy atom. The van der Waals surface area contributed by atoms with Crippen LogP contribution < -0.4 is 0 Å². The van der Waals surface area contributed by atoms with E-state index in [1.54, 1.807) is 12.1 Å². The largest absolute Gasteiger partial charge is 0.206 e. The molecule has 0 N–H and O–H groups in total. The highest BCUT2D eigenvalue weighted by atomic mass is 19.1. The first-order valence-corrected chi connectivity index (χ1v) is 3.24. The maximum atomic E-state index is 12.9. The van der Waals surface area contributed by atoms with Crippen molar-refractivity contribution in [2.24, 2.45) is 5.11 Å². The molecule has 60 valence electrons. The predicted molar refractivity (Wildman–Crippen MR) is 44.6 cm³/mol. The summed E-state index contributed by atoms with van der Waals surface area (Å²) in [5, 5.41) is 3.20. The Morgan fingerprint density at radius 1 is 1.50 bits per heavy atom. The van der Waals surface area contributed by atoms with Crippen molar-refractivity contribution in [1.29, 1.82) is 0 Å². The number of rotatable bonds is 2. The minimum absolute atomic E-state index is 0.0931. The summed E-state index contributed by atoms with van der Waals surface area (Å²) in [6.45, 7) is 3.42. The van der Waals surface area contributed by atoms with Gasteiger partial charge in [-0.15, -0.1) is 0 Å². The molecule has 0 heterocycles. The molecule has 0 aromatic heterocycles. The van der Waals surface area contributed by atoms with Crippen LogP contribution in [0.15, 0.2) is 36.0 Å². The van der Waals surface area contributed by atoms with Crippen molar-refractivity contribution in [1.82, 2.24) is 0 Å². The van der Waals surface area contributed by atoms with Crippen LogP contribution in [0, 0.1) is 5.82 Å². The van der Waals surface area contributed by atoms with Gasteiger partial charge in [0.25, 0.3) is 0 Å². The average Bonchev–Trinajstić information content (AvgIpc) is 2.05. The number of nitrogens with zero attached hydrogens (tertiary/aromatic N) is 3. The molecule has 0 amide bonds. The minimum atomic E-state index is -0.435. The first-order valence-electron chi connectivity index (χ1n) is 3.24. The lowest BCUT2D eigenvalue weighted by Gasteiger charge is -1.98. The average molecular weight is 163 g/mol. The monoisotopic (exact) mass is 163 g/mol. The standard InChI is InChI=1S/C8H6FN3/c1-6(11-12-10)7-4-2-3-5-8(7)9/h2-5H,1H2. The molecule has 0 radical (unpaired) electrons. The fraction of sp³-hybridized carbons (Fsp3) is 0. The second-order valence-corrected chi connectivity index (χ2v) is 2.12. The van der Waals surface area contributed by atoms with Gasteiger partial charge in [0.1, 0.15) is 5.82 Å². The van der Waals surface area contributed by atoms with Crippen LogP contribution in [0.25, 0.3) is 16.1 Å². The first kappa shape index (κ1) is 8.30. The normalized spacial score (nSPS) is 8.75. The Kier molecular flexibility index (Phi) is 2.46. The maximum Gasteiger partial charge on any atom is 0.130 e. The van der Waals surface area contributed by atoms with Gasteiger partial charge >= 0.3 is 0 Å². The van der Waals surface area contributed by atoms with Crippen LogP contribution in [0.1, 0.15) is 5.56 Å². The summed E-state index contributed by atoms with van der Waals surface area (Å²) in [4.78, 5) is 2.51. The number of hydrogen-bond donors (Lipinski definition) is 0. The fourth-order valence-electron chi connectivity index (χ4n) is 0.803. The van der Waals surface area contributed by atoms with Gasteiger partial charge in [-0.05, 0) is 11.6 Å². The molecule has 0 saturated carbocycles. The molecule has 0 aliphatic rings. The predicted octanol–water partition coefficient (Wildman–Crippen LogP) is 3.11. The van der Waals surface area contributed by atoms with E-state index in [0.717, 1.165) is 0 Å². The molecule has 12 heavy (non-hydrogen) atoms. The van der Waals surface area contributed by atoms with E-state index in [2.05, 4.69) is 16.6 Å². The molecule has 0 saturated heterocycles. The quantitative estimate of drug-likeness (QED) is 0.365. The van der Waals surface area contributed by atoms with Crippen LogP contribution in [0.5, 0.6) is 0 Å². The lowest BCUT2D eigenvalue weighted by Crippen LogP contribution is -1.83. The molecule has 4 heteroatoms. The van der Waals surface area contributed by atoms with Crippen molar-refractivity contribution in [3.05, 3.63) is 52.7 Å². The summed E-state index contributed by atoms with van der Waals surface area (Å²) >= 11 is 0. The molecular formula is C8H6FN3. The van der Waals surface area contributed by atoms with Gasteiger partial charge in [0.05, 0.1) is 0 Å². The van der Waals surface area contributed by atoms with Crippen molar-refractivity contribution < 1.29 is 4.39 Å². The Balaban J connectivity index is 3.11. The molecule has 0 aliphatic carbocycles. The van der Waals surface area contributed by atoms with E-state index in [4.69, 9.17) is 5.53 Å². The van der Waals surface area contributed by atoms with Gasteiger partial charge in [0.15, 0.2) is 0 Å². The Labute approximate surface area is 68.8 Å². The van der Waals surface area contributed by atoms with Crippen molar-refractivity contribution in [2.45, 2.75) is 0 Å². The molecular weight excluding hydrogens is 157 g/mol. The molecule has 0 aliphatic heterocycles. The van der Waals surface area contributed by atoms with Crippen LogP contribution in [0.2, 0.25) is 0 Å². The molecule has 0 unspecified atom stereocenters. The Hall–Kier alpha value is -1.80. The second kappa shape index (κ2) is 3.55. The van der Waals surface area contributed by atoms with Crippen molar-refractivity contribution >= 4 is 5.70 Å². The van der Waals surface area contributed by atoms with E-state index in [1.807, 2.05) is 0 Å². The van der Waals surface area contributed by atoms with Crippen molar-refractivity contribution in [2.75, 3.05) is 0 Å². The van der Waals surface area contributed by atoms with Gasteiger partial charge in [-0.3, -0.25) is 0 Å². The summed E-state index contributed by atoms with van der Waals surface area (Å²) in [6.07, 6.45) is 0. The van der Waals surface area contributed by atoms with E-state index in [1.165, 1.54) is 12.1 Å². The molecule has 1 aromatic carbocycles. The number of benzene rings is 1. The van der Waals surface area contributed by atoms with E-state index < -0.39 is 5.82 Å². The van der Waals surface area contributed by atoms with Crippen LogP contribution in [0.3, 0.4) is 0 Å². The molecule has 0 fully saturated rings. The molecule has 3 nitrogen and oxygen atoms in total. The lowest BCUT2D eigenvalue weighted by atomic mass is 10.2. The summed E-state index contributed by atoms with van der Waals surface area (Å²) in [7, 11) is 0. The van der Waals surface area contributed by atoms with Gasteiger partial charge in [-0.25, -0.2) is 4.39 Å². The zero-order valence-electron chi connectivity index (χ0n) is 6.24. The smallest absolute Gasteiger partial charge is 0.130 e. The minimum Gasteiger partial charge on any atom is -0.206 e. The fourth-order valence-corrected chi connectivity index (χ4v) is 0.803. The summed E-state index contributed by atoms with van der Waals surface area (Å²) in [5.74, 6) is -0.435. The van der Waals surface area contributed by atoms with E-state index in [-0.39, 0.29) is 11.3 Å². The molecule has 1 aromatic rings. The Morgan fingerprint density at radius 2 is 2.17 bits per heavy atom. The van der Waals surface area contributed by atoms with Crippen LogP contribution in [0.4, 0.5) is 4.39 Å². The van der Waals surface area contributed by atoms with Gasteiger partial charge < -0.3 is 0 Å². The zero-order chi connectivity index (χ0) is 8.97. The van der Waals surface area contributed by atoms with E-state index >= 15 is 0 Å². The summed E-state index contributed by atoms with van der Waals surface area (Å²) in [5.41, 5.74) is 8.39. The second-order valence-electron chi connectivity index (χ2n) is 2.12. The SMILES string of the molecule is C=C(N=[N+]=[N-])c1ccccc1F. The van der Waals surface area contributed by atoms with Crippen molar-refractivity contribution in [3.63, 3.8) is 0 Å². The van der Waals surface area contributed by atoms with E-state index in [9.17, 15) is 4.39 Å². The van der Waals surface area contributed by atoms with Gasteiger partial charge in [-0.2, -0.15) is 0 Å². The van der Waals surface area contributed by atoms with E-state index in [0.29, 0.717) is 0 Å². The number of hydrogen-bond acceptors (Lipinski definition) is 1. The third-order valence-corrected chi connectivity index (χ3v) is 1.35. The summed E-state index contributed by atoms with van der Waals surface area (Å²) < 4.78 is 12.9. The number of azide groups is 1. The highest BCUT2D eigenvalue weighted by Gasteiger charge is 2.01. The number of halogens is 1. The van der Waals surface area contributed by atoms with Crippen molar-refractivity contribution in [3.8, 4) is 0 Å². The molecule has 0 atom stereocenters. The van der Waals surface area contributed by atoms with Crippen LogP contribution in [-0.2, 0) is 0 Å². The molecule has 0 spiro atoms. The molecule has 0 bridgehead atoms.